The first-order chi connectivity index (χ1) is 11.4. The average Bonchev–Trinajstić information content (AvgIpc) is 2.45. The third kappa shape index (κ3) is 6.94. The van der Waals surface area contributed by atoms with Crippen LogP contribution in [0, 0.1) is 0 Å². The van der Waals surface area contributed by atoms with Crippen LogP contribution in [-0.2, 0) is 28.0 Å². The highest BCUT2D eigenvalue weighted by molar-refractivity contribution is 7.26. The highest BCUT2D eigenvalue weighted by Gasteiger charge is 2.51. The molecule has 0 aliphatic carbocycles. The number of hydrogen-bond donors (Lipinski definition) is 0. The lowest BCUT2D eigenvalue weighted by atomic mass is 10.8. The first-order valence-electron chi connectivity index (χ1n) is 9.12. The molecule has 0 amide bonds. The lowest BCUT2D eigenvalue weighted by molar-refractivity contribution is -0.308. The highest BCUT2D eigenvalue weighted by Crippen LogP contribution is 2.40. The van der Waals surface area contributed by atoms with Gasteiger partial charge in [-0.1, -0.05) is 39.3 Å². The summed E-state index contributed by atoms with van der Waals surface area (Å²) in [6, 6.07) is 0. The molecule has 0 aromatic heterocycles. The Morgan fingerprint density at radius 3 is 0.960 bits per heavy atom. The van der Waals surface area contributed by atoms with Gasteiger partial charge in [0.15, 0.2) is 25.2 Å². The minimum atomic E-state index is -1.97. The van der Waals surface area contributed by atoms with Gasteiger partial charge in [-0.2, -0.15) is 0 Å². The predicted molar refractivity (Wildman–Crippen MR) is 109 cm³/mol. The smallest absolute Gasteiger partial charge is 0.260 e. The van der Waals surface area contributed by atoms with Crippen molar-refractivity contribution in [3.63, 3.8) is 0 Å². The van der Waals surface area contributed by atoms with Gasteiger partial charge in [0.1, 0.15) is 0 Å². The van der Waals surface area contributed by atoms with Gasteiger partial charge in [-0.05, 0) is 27.7 Å². The van der Waals surface area contributed by atoms with Crippen LogP contribution in [0.25, 0.3) is 0 Å². The normalized spacial score (nSPS) is 14.2. The molecule has 0 bridgehead atoms. The molecule has 0 saturated carbocycles. The van der Waals surface area contributed by atoms with Crippen LogP contribution in [0.3, 0.4) is 0 Å². The largest absolute Gasteiger partial charge is 0.332 e. The van der Waals surface area contributed by atoms with Crippen LogP contribution in [0.1, 0.15) is 27.7 Å². The summed E-state index contributed by atoms with van der Waals surface area (Å²) in [6.45, 7) is 22.7. The number of hydrogen-bond acceptors (Lipinski definition) is 6. The predicted octanol–water partition coefficient (Wildman–Crippen LogP) is 4.74. The average molecular weight is 415 g/mol. The molecule has 6 nitrogen and oxygen atoms in total. The summed E-state index contributed by atoms with van der Waals surface area (Å²) in [6.07, 6.45) is 0. The molecule has 0 spiro atoms. The van der Waals surface area contributed by atoms with Crippen molar-refractivity contribution in [2.24, 2.45) is 0 Å². The van der Waals surface area contributed by atoms with Gasteiger partial charge in [0.25, 0.3) is 11.2 Å². The Bertz CT molecular complexity index is 325. The van der Waals surface area contributed by atoms with Gasteiger partial charge < -0.3 is 18.9 Å². The van der Waals surface area contributed by atoms with Crippen molar-refractivity contribution in [3.05, 3.63) is 0 Å². The van der Waals surface area contributed by atoms with Crippen LogP contribution in [-0.4, -0.2) is 53.8 Å². The van der Waals surface area contributed by atoms with E-state index in [0.29, 0.717) is 26.4 Å². The molecule has 0 aromatic carbocycles. The van der Waals surface area contributed by atoms with Crippen molar-refractivity contribution in [1.29, 1.82) is 0 Å². The topological polar surface area (TPSA) is 55.4 Å². The summed E-state index contributed by atoms with van der Waals surface area (Å²) in [4.78, 5) is 0. The van der Waals surface area contributed by atoms with Gasteiger partial charge in [-0.3, -0.25) is 9.05 Å². The molecule has 0 saturated heterocycles. The molecule has 0 heterocycles. The third-order valence-electron chi connectivity index (χ3n) is 3.53. The van der Waals surface area contributed by atoms with Crippen LogP contribution in [0.15, 0.2) is 0 Å². The number of ether oxygens (including phenoxy) is 4. The van der Waals surface area contributed by atoms with E-state index in [9.17, 15) is 0 Å². The van der Waals surface area contributed by atoms with E-state index in [2.05, 4.69) is 39.3 Å². The van der Waals surface area contributed by atoms with Crippen molar-refractivity contribution >= 4 is 25.2 Å². The van der Waals surface area contributed by atoms with Gasteiger partial charge >= 0.3 is 0 Å². The Labute approximate surface area is 158 Å². The maximum atomic E-state index is 6.10. The first kappa shape index (κ1) is 25.6. The van der Waals surface area contributed by atoms with Crippen molar-refractivity contribution in [3.8, 4) is 0 Å². The molecular formula is C16H39O6PSi2. The maximum absolute atomic E-state index is 6.10. The maximum Gasteiger partial charge on any atom is 0.260 e. The standard InChI is InChI=1S/C16H39O6PSi2/c1-11-17-15(18-12-2,24(5,6)7)21-23-22-16(19-13-3,20-14-4)25(8,9)10/h23H,11-14H2,1-10H3. The van der Waals surface area contributed by atoms with E-state index in [0.717, 1.165) is 0 Å². The van der Waals surface area contributed by atoms with Crippen molar-refractivity contribution in [1.82, 2.24) is 0 Å². The molecule has 0 atom stereocenters. The Balaban J connectivity index is 5.36. The minimum Gasteiger partial charge on any atom is -0.332 e. The zero-order chi connectivity index (χ0) is 19.8. The summed E-state index contributed by atoms with van der Waals surface area (Å²) in [5.41, 5.74) is -2.09. The second kappa shape index (κ2) is 10.8. The molecule has 0 radical (unpaired) electrons. The zero-order valence-electron chi connectivity index (χ0n) is 17.8. The second-order valence-electron chi connectivity index (χ2n) is 7.63. The third-order valence-corrected chi connectivity index (χ3v) is 9.09. The van der Waals surface area contributed by atoms with E-state index in [1.54, 1.807) is 0 Å². The quantitative estimate of drug-likeness (QED) is 0.233. The fraction of sp³-hybridized carbons (Fsp3) is 1.00. The molecule has 0 rings (SSSR count). The van der Waals surface area contributed by atoms with E-state index >= 15 is 0 Å². The Kier molecular flexibility index (Phi) is 11.1. The molecule has 0 N–H and O–H groups in total. The molecule has 25 heavy (non-hydrogen) atoms. The van der Waals surface area contributed by atoms with Crippen LogP contribution in [0.2, 0.25) is 39.3 Å². The number of rotatable bonds is 14. The second-order valence-corrected chi connectivity index (χ2v) is 18.4. The molecule has 0 aromatic rings. The van der Waals surface area contributed by atoms with E-state index in [-0.39, 0.29) is 9.03 Å². The van der Waals surface area contributed by atoms with Crippen LogP contribution in [0.4, 0.5) is 0 Å². The molecule has 0 unspecified atom stereocenters. The van der Waals surface area contributed by atoms with Gasteiger partial charge in [0.2, 0.25) is 0 Å². The molecule has 152 valence electrons. The van der Waals surface area contributed by atoms with E-state index in [4.69, 9.17) is 28.0 Å². The SMILES string of the molecule is CCOC(OCC)(OPOC(OCC)(OCC)[Si](C)(C)C)[Si](C)(C)C. The van der Waals surface area contributed by atoms with Crippen LogP contribution >= 0.6 is 9.03 Å². The summed E-state index contributed by atoms with van der Waals surface area (Å²) >= 11 is 0. The highest BCUT2D eigenvalue weighted by atomic mass is 31.1. The van der Waals surface area contributed by atoms with E-state index in [1.165, 1.54) is 0 Å². The van der Waals surface area contributed by atoms with Gasteiger partial charge in [-0.15, -0.1) is 0 Å². The van der Waals surface area contributed by atoms with Gasteiger partial charge in [-0.25, -0.2) is 0 Å². The molecular weight excluding hydrogens is 375 g/mol. The van der Waals surface area contributed by atoms with E-state index in [1.807, 2.05) is 27.7 Å². The lowest BCUT2D eigenvalue weighted by Crippen LogP contribution is -2.59. The summed E-state index contributed by atoms with van der Waals surface area (Å²) in [5, 5.41) is 0. The van der Waals surface area contributed by atoms with Crippen molar-refractivity contribution < 1.29 is 28.0 Å². The summed E-state index contributed by atoms with van der Waals surface area (Å²) < 4.78 is 35.9. The molecule has 0 aliphatic heterocycles. The fourth-order valence-electron chi connectivity index (χ4n) is 2.26. The van der Waals surface area contributed by atoms with Gasteiger partial charge in [0, 0.05) is 26.4 Å². The first-order valence-corrected chi connectivity index (χ1v) is 16.9. The van der Waals surface area contributed by atoms with Crippen molar-refractivity contribution in [2.75, 3.05) is 26.4 Å². The van der Waals surface area contributed by atoms with Crippen molar-refractivity contribution in [2.45, 2.75) is 78.2 Å². The molecule has 0 aliphatic rings. The van der Waals surface area contributed by atoms with Crippen LogP contribution < -0.4 is 0 Å². The Morgan fingerprint density at radius 2 is 0.800 bits per heavy atom. The lowest BCUT2D eigenvalue weighted by Gasteiger charge is -2.44. The monoisotopic (exact) mass is 414 g/mol. The molecule has 0 fully saturated rings. The zero-order valence-corrected chi connectivity index (χ0v) is 20.8. The minimum absolute atomic E-state index is 0.309. The van der Waals surface area contributed by atoms with Crippen LogP contribution in [0.5, 0.6) is 0 Å². The Morgan fingerprint density at radius 1 is 0.560 bits per heavy atom. The summed E-state index contributed by atoms with van der Waals surface area (Å²) in [5.74, 6) is 0. The summed E-state index contributed by atoms with van der Waals surface area (Å²) in [7, 11) is -4.25. The fourth-order valence-corrected chi connectivity index (χ4v) is 7.77. The van der Waals surface area contributed by atoms with E-state index < -0.39 is 27.3 Å². The Hall–Kier alpha value is 0.624. The van der Waals surface area contributed by atoms with Gasteiger partial charge in [0.05, 0.1) is 0 Å². The molecule has 9 heteroatoms.